The Kier molecular flexibility index (Phi) is 6.21. The molecule has 25 heavy (non-hydrogen) atoms. The van der Waals surface area contributed by atoms with E-state index in [2.05, 4.69) is 10.0 Å². The predicted molar refractivity (Wildman–Crippen MR) is 100 cm³/mol. The summed E-state index contributed by atoms with van der Waals surface area (Å²) < 4.78 is 27.5. The fourth-order valence-electron chi connectivity index (χ4n) is 2.20. The van der Waals surface area contributed by atoms with Crippen molar-refractivity contribution in [1.29, 1.82) is 0 Å². The van der Waals surface area contributed by atoms with Gasteiger partial charge in [-0.2, -0.15) is 4.72 Å². The first-order valence-electron chi connectivity index (χ1n) is 7.84. The Morgan fingerprint density at radius 3 is 2.08 bits per heavy atom. The van der Waals surface area contributed by atoms with Crippen LogP contribution in [0, 0.1) is 12.8 Å². The third-order valence-corrected chi connectivity index (χ3v) is 5.38. The summed E-state index contributed by atoms with van der Waals surface area (Å²) in [5.41, 5.74) is 1.69. The van der Waals surface area contributed by atoms with Gasteiger partial charge in [-0.1, -0.05) is 43.1 Å². The van der Waals surface area contributed by atoms with E-state index in [0.29, 0.717) is 10.7 Å². The second-order valence-electron chi connectivity index (χ2n) is 6.15. The summed E-state index contributed by atoms with van der Waals surface area (Å²) in [6.45, 7) is 5.51. The minimum atomic E-state index is -3.83. The van der Waals surface area contributed by atoms with E-state index in [1.165, 1.54) is 24.3 Å². The highest BCUT2D eigenvalue weighted by atomic mass is 35.5. The standard InChI is InChI=1S/C18H21ClN2O3S/c1-12(2)17(18(22)20-15-8-4-13(3)5-9-15)21-25(23,24)16-10-6-14(19)7-11-16/h4-12,17,21H,1-3H3,(H,20,22)/t17-/m1/s1. The minimum absolute atomic E-state index is 0.0608. The van der Waals surface area contributed by atoms with Crippen LogP contribution in [0.2, 0.25) is 5.02 Å². The zero-order valence-corrected chi connectivity index (χ0v) is 15.9. The molecular formula is C18H21ClN2O3S. The Morgan fingerprint density at radius 1 is 1.00 bits per heavy atom. The third kappa shape index (κ3) is 5.29. The van der Waals surface area contributed by atoms with Crippen molar-refractivity contribution >= 4 is 33.2 Å². The van der Waals surface area contributed by atoms with Crippen LogP contribution in [0.1, 0.15) is 19.4 Å². The molecule has 2 N–H and O–H groups in total. The molecule has 0 spiro atoms. The summed E-state index contributed by atoms with van der Waals surface area (Å²) in [6.07, 6.45) is 0. The van der Waals surface area contributed by atoms with Crippen molar-refractivity contribution in [3.05, 3.63) is 59.1 Å². The second-order valence-corrected chi connectivity index (χ2v) is 8.30. The molecule has 7 heteroatoms. The van der Waals surface area contributed by atoms with Gasteiger partial charge in [-0.05, 0) is 49.2 Å². The van der Waals surface area contributed by atoms with Crippen molar-refractivity contribution < 1.29 is 13.2 Å². The second kappa shape index (κ2) is 7.99. The molecule has 0 aliphatic rings. The number of nitrogens with one attached hydrogen (secondary N) is 2. The van der Waals surface area contributed by atoms with Gasteiger partial charge in [0.15, 0.2) is 0 Å². The van der Waals surface area contributed by atoms with E-state index in [1.54, 1.807) is 26.0 Å². The molecule has 5 nitrogen and oxygen atoms in total. The number of carbonyl (C=O) groups excluding carboxylic acids is 1. The molecule has 0 saturated heterocycles. The van der Waals surface area contributed by atoms with Crippen LogP contribution in [0.4, 0.5) is 5.69 Å². The van der Waals surface area contributed by atoms with Gasteiger partial charge in [-0.25, -0.2) is 8.42 Å². The van der Waals surface area contributed by atoms with Crippen molar-refractivity contribution in [2.24, 2.45) is 5.92 Å². The summed E-state index contributed by atoms with van der Waals surface area (Å²) in [6, 6.07) is 12.2. The molecule has 0 radical (unpaired) electrons. The zero-order valence-electron chi connectivity index (χ0n) is 14.3. The lowest BCUT2D eigenvalue weighted by molar-refractivity contribution is -0.118. The lowest BCUT2D eigenvalue weighted by atomic mass is 10.0. The summed E-state index contributed by atoms with van der Waals surface area (Å²) in [4.78, 5) is 12.6. The maximum Gasteiger partial charge on any atom is 0.242 e. The summed E-state index contributed by atoms with van der Waals surface area (Å²) in [5.74, 6) is -0.635. The number of benzene rings is 2. The number of carbonyl (C=O) groups is 1. The largest absolute Gasteiger partial charge is 0.325 e. The van der Waals surface area contributed by atoms with Crippen LogP contribution in [0.25, 0.3) is 0 Å². The molecule has 2 rings (SSSR count). The molecule has 0 bridgehead atoms. The van der Waals surface area contributed by atoms with Crippen molar-refractivity contribution in [1.82, 2.24) is 4.72 Å². The van der Waals surface area contributed by atoms with Crippen LogP contribution in [-0.2, 0) is 14.8 Å². The van der Waals surface area contributed by atoms with E-state index in [-0.39, 0.29) is 10.8 Å². The molecule has 0 saturated carbocycles. The first kappa shape index (κ1) is 19.4. The molecule has 1 amide bonds. The van der Waals surface area contributed by atoms with Crippen molar-refractivity contribution in [3.8, 4) is 0 Å². The Labute approximate surface area is 153 Å². The van der Waals surface area contributed by atoms with E-state index in [1.807, 2.05) is 19.1 Å². The molecule has 0 unspecified atom stereocenters. The first-order chi connectivity index (χ1) is 11.7. The molecule has 0 aliphatic heterocycles. The minimum Gasteiger partial charge on any atom is -0.325 e. The summed E-state index contributed by atoms with van der Waals surface area (Å²) >= 11 is 5.79. The lowest BCUT2D eigenvalue weighted by Crippen LogP contribution is -2.47. The molecule has 1 atom stereocenters. The van der Waals surface area contributed by atoms with Gasteiger partial charge >= 0.3 is 0 Å². The normalized spacial score (nSPS) is 12.8. The maximum atomic E-state index is 12.5. The summed E-state index contributed by atoms with van der Waals surface area (Å²) in [7, 11) is -3.83. The van der Waals surface area contributed by atoms with Crippen LogP contribution in [0.3, 0.4) is 0 Å². The maximum absolute atomic E-state index is 12.5. The van der Waals surface area contributed by atoms with Crippen LogP contribution < -0.4 is 10.0 Å². The molecule has 2 aromatic rings. The molecule has 134 valence electrons. The first-order valence-corrected chi connectivity index (χ1v) is 9.70. The topological polar surface area (TPSA) is 75.3 Å². The van der Waals surface area contributed by atoms with Gasteiger partial charge in [0.2, 0.25) is 15.9 Å². The number of anilines is 1. The van der Waals surface area contributed by atoms with Crippen LogP contribution in [0.5, 0.6) is 0 Å². The number of rotatable bonds is 6. The van der Waals surface area contributed by atoms with E-state index in [9.17, 15) is 13.2 Å². The van der Waals surface area contributed by atoms with Crippen molar-refractivity contribution in [2.75, 3.05) is 5.32 Å². The molecule has 2 aromatic carbocycles. The van der Waals surface area contributed by atoms with Gasteiger partial charge in [-0.3, -0.25) is 4.79 Å². The zero-order chi connectivity index (χ0) is 18.6. The fourth-order valence-corrected chi connectivity index (χ4v) is 3.67. The molecule has 0 heterocycles. The molecular weight excluding hydrogens is 360 g/mol. The molecule has 0 aromatic heterocycles. The van der Waals surface area contributed by atoms with Crippen molar-refractivity contribution in [2.45, 2.75) is 31.7 Å². The number of hydrogen-bond acceptors (Lipinski definition) is 3. The number of halogens is 1. The molecule has 0 fully saturated rings. The van der Waals surface area contributed by atoms with Crippen LogP contribution >= 0.6 is 11.6 Å². The third-order valence-electron chi connectivity index (χ3n) is 3.67. The quantitative estimate of drug-likeness (QED) is 0.804. The fraction of sp³-hybridized carbons (Fsp3) is 0.278. The number of amides is 1. The van der Waals surface area contributed by atoms with Crippen LogP contribution in [-0.4, -0.2) is 20.4 Å². The summed E-state index contributed by atoms with van der Waals surface area (Å²) in [5, 5.41) is 3.19. The Balaban J connectivity index is 2.18. The van der Waals surface area contributed by atoms with E-state index in [0.717, 1.165) is 5.56 Å². The van der Waals surface area contributed by atoms with Crippen LogP contribution in [0.15, 0.2) is 53.4 Å². The van der Waals surface area contributed by atoms with Gasteiger partial charge < -0.3 is 5.32 Å². The Hall–Kier alpha value is -1.89. The highest BCUT2D eigenvalue weighted by molar-refractivity contribution is 7.89. The van der Waals surface area contributed by atoms with Gasteiger partial charge in [0.25, 0.3) is 0 Å². The van der Waals surface area contributed by atoms with E-state index < -0.39 is 22.0 Å². The number of sulfonamides is 1. The molecule has 0 aliphatic carbocycles. The Morgan fingerprint density at radius 2 is 1.56 bits per heavy atom. The highest BCUT2D eigenvalue weighted by Gasteiger charge is 2.28. The van der Waals surface area contributed by atoms with Gasteiger partial charge in [0.1, 0.15) is 6.04 Å². The number of hydrogen-bond donors (Lipinski definition) is 2. The average Bonchev–Trinajstić information content (AvgIpc) is 2.55. The smallest absolute Gasteiger partial charge is 0.242 e. The van der Waals surface area contributed by atoms with Gasteiger partial charge in [0, 0.05) is 10.7 Å². The average molecular weight is 381 g/mol. The Bertz CT molecular complexity index is 832. The lowest BCUT2D eigenvalue weighted by Gasteiger charge is -2.21. The predicted octanol–water partition coefficient (Wildman–Crippen LogP) is 3.59. The van der Waals surface area contributed by atoms with E-state index >= 15 is 0 Å². The highest BCUT2D eigenvalue weighted by Crippen LogP contribution is 2.17. The van der Waals surface area contributed by atoms with Crippen molar-refractivity contribution in [3.63, 3.8) is 0 Å². The monoisotopic (exact) mass is 380 g/mol. The SMILES string of the molecule is Cc1ccc(NC(=O)[C@H](NS(=O)(=O)c2ccc(Cl)cc2)C(C)C)cc1. The van der Waals surface area contributed by atoms with Gasteiger partial charge in [-0.15, -0.1) is 0 Å². The van der Waals surface area contributed by atoms with E-state index in [4.69, 9.17) is 11.6 Å². The van der Waals surface area contributed by atoms with Gasteiger partial charge in [0.05, 0.1) is 4.90 Å². The number of aryl methyl sites for hydroxylation is 1.